The van der Waals surface area contributed by atoms with Gasteiger partial charge in [-0.3, -0.25) is 9.36 Å². The van der Waals surface area contributed by atoms with Crippen LogP contribution in [0.2, 0.25) is 0 Å². The van der Waals surface area contributed by atoms with Crippen molar-refractivity contribution in [3.8, 4) is 5.69 Å². The molecule has 33 heavy (non-hydrogen) atoms. The van der Waals surface area contributed by atoms with Crippen LogP contribution in [-0.2, 0) is 15.9 Å². The van der Waals surface area contributed by atoms with Gasteiger partial charge in [-0.15, -0.1) is 0 Å². The van der Waals surface area contributed by atoms with E-state index >= 15 is 0 Å². The number of aromatic nitrogens is 2. The summed E-state index contributed by atoms with van der Waals surface area (Å²) in [4.78, 5) is 42.9. The Hall–Kier alpha value is -4.26. The van der Waals surface area contributed by atoms with Crippen molar-refractivity contribution in [1.82, 2.24) is 9.55 Å². The Bertz CT molecular complexity index is 1410. The normalized spacial score (nSPS) is 10.8. The topological polar surface area (TPSA) is 87.5 Å². The molecule has 7 nitrogen and oxygen atoms in total. The summed E-state index contributed by atoms with van der Waals surface area (Å²) < 4.78 is 11.5. The van der Waals surface area contributed by atoms with Crippen molar-refractivity contribution in [2.75, 3.05) is 14.2 Å². The molecule has 0 aliphatic heterocycles. The molecular formula is C26H22N2O5. The number of pyridine rings is 2. The minimum Gasteiger partial charge on any atom is -0.465 e. The number of fused-ring (bicyclic) bond motifs is 1. The maximum Gasteiger partial charge on any atom is 0.355 e. The van der Waals surface area contributed by atoms with Gasteiger partial charge < -0.3 is 9.47 Å². The number of esters is 2. The first kappa shape index (κ1) is 22.0. The molecule has 0 unspecified atom stereocenters. The third-order valence-corrected chi connectivity index (χ3v) is 5.40. The minimum atomic E-state index is -0.637. The van der Waals surface area contributed by atoms with Crippen LogP contribution in [0.5, 0.6) is 0 Å². The highest BCUT2D eigenvalue weighted by Crippen LogP contribution is 2.24. The van der Waals surface area contributed by atoms with Crippen molar-refractivity contribution in [1.29, 1.82) is 0 Å². The lowest BCUT2D eigenvalue weighted by Gasteiger charge is -2.19. The molecule has 0 amide bonds. The largest absolute Gasteiger partial charge is 0.465 e. The fourth-order valence-electron chi connectivity index (χ4n) is 3.79. The predicted molar refractivity (Wildman–Crippen MR) is 124 cm³/mol. The molecule has 166 valence electrons. The van der Waals surface area contributed by atoms with Gasteiger partial charge >= 0.3 is 11.9 Å². The van der Waals surface area contributed by atoms with Crippen molar-refractivity contribution in [2.45, 2.75) is 13.3 Å². The van der Waals surface area contributed by atoms with E-state index in [9.17, 15) is 14.4 Å². The first-order valence-corrected chi connectivity index (χ1v) is 10.3. The number of aryl methyl sites for hydroxylation is 1. The summed E-state index contributed by atoms with van der Waals surface area (Å²) in [6.45, 7) is 1.83. The molecule has 7 heteroatoms. The highest BCUT2D eigenvalue weighted by molar-refractivity contribution is 5.94. The molecule has 4 aromatic rings. The Morgan fingerprint density at radius 3 is 2.18 bits per heavy atom. The highest BCUT2D eigenvalue weighted by atomic mass is 16.5. The average molecular weight is 442 g/mol. The molecule has 2 aromatic carbocycles. The van der Waals surface area contributed by atoms with Crippen LogP contribution in [0.4, 0.5) is 0 Å². The van der Waals surface area contributed by atoms with Crippen LogP contribution in [0.15, 0.2) is 71.5 Å². The van der Waals surface area contributed by atoms with Gasteiger partial charge in [0.15, 0.2) is 5.43 Å². The van der Waals surface area contributed by atoms with Crippen molar-refractivity contribution in [2.24, 2.45) is 0 Å². The van der Waals surface area contributed by atoms with Crippen molar-refractivity contribution >= 4 is 23.0 Å². The van der Waals surface area contributed by atoms with Crippen LogP contribution in [0.1, 0.15) is 37.7 Å². The monoisotopic (exact) mass is 442 g/mol. The molecular weight excluding hydrogens is 420 g/mol. The number of hydrogen-bond acceptors (Lipinski definition) is 6. The van der Waals surface area contributed by atoms with Gasteiger partial charge in [0.1, 0.15) is 11.3 Å². The second-order valence-corrected chi connectivity index (χ2v) is 7.51. The smallest absolute Gasteiger partial charge is 0.355 e. The SMILES string of the molecule is COC(=O)c1ccc(Cc2c(C(=O)OC)n(-c3ccccc3)c3nc(C)ccc3c2=O)cc1. The molecule has 0 fully saturated rings. The number of carbonyl (C=O) groups is 2. The summed E-state index contributed by atoms with van der Waals surface area (Å²) in [6.07, 6.45) is 0.168. The van der Waals surface area contributed by atoms with E-state index in [4.69, 9.17) is 9.47 Å². The number of para-hydroxylation sites is 1. The second-order valence-electron chi connectivity index (χ2n) is 7.51. The van der Waals surface area contributed by atoms with Gasteiger partial charge in [0.05, 0.1) is 25.2 Å². The molecule has 0 atom stereocenters. The maximum atomic E-state index is 13.6. The highest BCUT2D eigenvalue weighted by Gasteiger charge is 2.25. The zero-order valence-electron chi connectivity index (χ0n) is 18.5. The Kier molecular flexibility index (Phi) is 6.04. The number of benzene rings is 2. The van der Waals surface area contributed by atoms with Crippen LogP contribution < -0.4 is 5.43 Å². The maximum absolute atomic E-state index is 13.6. The summed E-state index contributed by atoms with van der Waals surface area (Å²) in [6, 6.07) is 19.5. The van der Waals surface area contributed by atoms with Crippen LogP contribution in [0.3, 0.4) is 0 Å². The van der Waals surface area contributed by atoms with E-state index in [-0.39, 0.29) is 23.1 Å². The van der Waals surface area contributed by atoms with Gasteiger partial charge in [-0.1, -0.05) is 30.3 Å². The fourth-order valence-corrected chi connectivity index (χ4v) is 3.79. The lowest BCUT2D eigenvalue weighted by molar-refractivity contribution is 0.0585. The van der Waals surface area contributed by atoms with Crippen molar-refractivity contribution < 1.29 is 19.1 Å². The van der Waals surface area contributed by atoms with Crippen LogP contribution in [0.25, 0.3) is 16.7 Å². The van der Waals surface area contributed by atoms with Gasteiger partial charge in [-0.2, -0.15) is 0 Å². The predicted octanol–water partition coefficient (Wildman–Crippen LogP) is 3.86. The molecule has 0 saturated heterocycles. The summed E-state index contributed by atoms with van der Waals surface area (Å²) in [7, 11) is 2.60. The van der Waals surface area contributed by atoms with Gasteiger partial charge in [-0.25, -0.2) is 14.6 Å². The molecule has 0 bridgehead atoms. The molecule has 0 N–H and O–H groups in total. The summed E-state index contributed by atoms with van der Waals surface area (Å²) in [5.74, 6) is -1.09. The first-order chi connectivity index (χ1) is 15.9. The van der Waals surface area contributed by atoms with E-state index in [2.05, 4.69) is 4.98 Å². The quantitative estimate of drug-likeness (QED) is 0.436. The number of hydrogen-bond donors (Lipinski definition) is 0. The molecule has 4 rings (SSSR count). The van der Waals surface area contributed by atoms with Crippen molar-refractivity contribution in [3.63, 3.8) is 0 Å². The Morgan fingerprint density at radius 1 is 0.879 bits per heavy atom. The van der Waals surface area contributed by atoms with E-state index in [1.54, 1.807) is 41.0 Å². The lowest BCUT2D eigenvalue weighted by atomic mass is 9.99. The summed E-state index contributed by atoms with van der Waals surface area (Å²) in [5, 5.41) is 0.401. The molecule has 2 heterocycles. The van der Waals surface area contributed by atoms with Gasteiger partial charge in [0.2, 0.25) is 0 Å². The van der Waals surface area contributed by atoms with Crippen LogP contribution >= 0.6 is 0 Å². The first-order valence-electron chi connectivity index (χ1n) is 10.3. The number of ether oxygens (including phenoxy) is 2. The van der Waals surface area contributed by atoms with Gasteiger partial charge in [0.25, 0.3) is 0 Å². The van der Waals surface area contributed by atoms with E-state index in [0.717, 1.165) is 5.56 Å². The molecule has 0 radical (unpaired) electrons. The van der Waals surface area contributed by atoms with E-state index in [0.29, 0.717) is 28.0 Å². The third-order valence-electron chi connectivity index (χ3n) is 5.40. The zero-order valence-corrected chi connectivity index (χ0v) is 18.5. The second kappa shape index (κ2) is 9.08. The molecule has 2 aromatic heterocycles. The number of carbonyl (C=O) groups excluding carboxylic acids is 2. The average Bonchev–Trinajstić information content (AvgIpc) is 2.85. The Morgan fingerprint density at radius 2 is 1.55 bits per heavy atom. The Balaban J connectivity index is 2.00. The standard InChI is InChI=1S/C26H22N2O5/c1-16-9-14-20-23(29)21(15-17-10-12-18(13-11-17)25(30)32-2)22(26(31)33-3)28(24(20)27-16)19-7-5-4-6-8-19/h4-14H,15H2,1-3H3. The Labute approximate surface area is 190 Å². The number of methoxy groups -OCH3 is 2. The minimum absolute atomic E-state index is 0.122. The lowest BCUT2D eigenvalue weighted by Crippen LogP contribution is -2.25. The summed E-state index contributed by atoms with van der Waals surface area (Å²) in [5.41, 5.74) is 3.06. The zero-order chi connectivity index (χ0) is 23.5. The van der Waals surface area contributed by atoms with E-state index in [1.807, 2.05) is 37.3 Å². The fraction of sp³-hybridized carbons (Fsp3) is 0.154. The number of nitrogens with zero attached hydrogens (tertiary/aromatic N) is 2. The van der Waals surface area contributed by atoms with Gasteiger partial charge in [0, 0.05) is 23.4 Å². The van der Waals surface area contributed by atoms with Crippen LogP contribution in [0, 0.1) is 6.92 Å². The molecule has 0 saturated carbocycles. The van der Waals surface area contributed by atoms with E-state index in [1.165, 1.54) is 14.2 Å². The number of rotatable bonds is 5. The molecule has 0 aliphatic rings. The van der Waals surface area contributed by atoms with E-state index < -0.39 is 11.9 Å². The molecule has 0 spiro atoms. The third kappa shape index (κ3) is 4.13. The molecule has 0 aliphatic carbocycles. The van der Waals surface area contributed by atoms with Crippen molar-refractivity contribution in [3.05, 3.63) is 105 Å². The van der Waals surface area contributed by atoms with Crippen LogP contribution in [-0.4, -0.2) is 35.7 Å². The summed E-state index contributed by atoms with van der Waals surface area (Å²) >= 11 is 0. The van der Waals surface area contributed by atoms with Gasteiger partial charge in [-0.05, 0) is 48.9 Å².